The second-order valence-electron chi connectivity index (χ2n) is 7.74. The Morgan fingerprint density at radius 1 is 0.692 bits per heavy atom. The molecule has 0 aliphatic rings. The lowest BCUT2D eigenvalue weighted by molar-refractivity contribution is 0.301. The minimum Gasteiger partial charge on any atom is -0.492 e. The van der Waals surface area contributed by atoms with Crippen molar-refractivity contribution in [2.75, 3.05) is 6.61 Å². The maximum Gasteiger partial charge on any atom is 0.140 e. The van der Waals surface area contributed by atoms with Gasteiger partial charge in [0.15, 0.2) is 0 Å². The van der Waals surface area contributed by atoms with Gasteiger partial charge in [-0.3, -0.25) is 4.98 Å². The Kier molecular flexibility index (Phi) is 15.4. The second-order valence-corrected chi connectivity index (χ2v) is 7.74. The van der Waals surface area contributed by atoms with Gasteiger partial charge in [0.2, 0.25) is 0 Å². The minimum atomic E-state index is 0.824. The molecule has 26 heavy (non-hydrogen) atoms. The fourth-order valence-corrected chi connectivity index (χ4v) is 3.45. The van der Waals surface area contributed by atoms with E-state index in [0.29, 0.717) is 0 Å². The van der Waals surface area contributed by atoms with Crippen molar-refractivity contribution in [3.63, 3.8) is 0 Å². The van der Waals surface area contributed by atoms with E-state index < -0.39 is 0 Å². The monoisotopic (exact) mass is 361 g/mol. The molecule has 0 saturated heterocycles. The van der Waals surface area contributed by atoms with E-state index in [-0.39, 0.29) is 0 Å². The quantitative estimate of drug-likeness (QED) is 0.247. The average molecular weight is 362 g/mol. The zero-order chi connectivity index (χ0) is 18.7. The topological polar surface area (TPSA) is 22.1 Å². The van der Waals surface area contributed by atoms with Crippen molar-refractivity contribution in [3.8, 4) is 5.75 Å². The molecular formula is C24H43NO. The SMILES string of the molecule is CCCCCCCCCCCCCCCCCCOc1cccnc1C. The predicted molar refractivity (Wildman–Crippen MR) is 114 cm³/mol. The molecule has 0 unspecified atom stereocenters. The number of hydrogen-bond acceptors (Lipinski definition) is 2. The molecule has 0 saturated carbocycles. The summed E-state index contributed by atoms with van der Waals surface area (Å²) in [5.74, 6) is 0.938. The van der Waals surface area contributed by atoms with Gasteiger partial charge in [0.25, 0.3) is 0 Å². The van der Waals surface area contributed by atoms with Gasteiger partial charge in [0.05, 0.1) is 12.3 Å². The Morgan fingerprint density at radius 2 is 1.15 bits per heavy atom. The molecule has 0 aliphatic heterocycles. The Hall–Kier alpha value is -1.05. The van der Waals surface area contributed by atoms with E-state index in [4.69, 9.17) is 4.74 Å². The molecule has 2 heteroatoms. The van der Waals surface area contributed by atoms with Crippen LogP contribution in [0.15, 0.2) is 18.3 Å². The molecule has 0 fully saturated rings. The molecule has 2 nitrogen and oxygen atoms in total. The number of aromatic nitrogens is 1. The Bertz CT molecular complexity index is 418. The highest BCUT2D eigenvalue weighted by Gasteiger charge is 1.99. The number of aryl methyl sites for hydroxylation is 1. The highest BCUT2D eigenvalue weighted by Crippen LogP contribution is 2.15. The number of nitrogens with zero attached hydrogens (tertiary/aromatic N) is 1. The normalized spacial score (nSPS) is 11.0. The summed E-state index contributed by atoms with van der Waals surface area (Å²) in [6.07, 6.45) is 24.3. The van der Waals surface area contributed by atoms with Crippen LogP contribution in [0.3, 0.4) is 0 Å². The van der Waals surface area contributed by atoms with Crippen LogP contribution in [0.2, 0.25) is 0 Å². The molecule has 0 N–H and O–H groups in total. The van der Waals surface area contributed by atoms with E-state index in [9.17, 15) is 0 Å². The molecule has 0 amide bonds. The maximum absolute atomic E-state index is 5.79. The van der Waals surface area contributed by atoms with Crippen LogP contribution in [0.4, 0.5) is 0 Å². The summed E-state index contributed by atoms with van der Waals surface area (Å²) in [5, 5.41) is 0. The zero-order valence-electron chi connectivity index (χ0n) is 17.6. The summed E-state index contributed by atoms with van der Waals surface area (Å²) in [7, 11) is 0. The average Bonchev–Trinajstić information content (AvgIpc) is 2.65. The van der Waals surface area contributed by atoms with Crippen molar-refractivity contribution in [2.24, 2.45) is 0 Å². The van der Waals surface area contributed by atoms with Gasteiger partial charge in [-0.15, -0.1) is 0 Å². The van der Waals surface area contributed by atoms with Gasteiger partial charge in [0, 0.05) is 6.20 Å². The summed E-state index contributed by atoms with van der Waals surface area (Å²) in [6.45, 7) is 5.12. The van der Waals surface area contributed by atoms with Gasteiger partial charge < -0.3 is 4.74 Å². The standard InChI is InChI=1S/C24H43NO/c1-3-4-5-6-7-8-9-10-11-12-13-14-15-16-17-18-22-26-24-20-19-21-25-23(24)2/h19-21H,3-18,22H2,1-2H3. The van der Waals surface area contributed by atoms with Crippen LogP contribution in [0.25, 0.3) is 0 Å². The molecule has 0 spiro atoms. The molecule has 1 aromatic heterocycles. The van der Waals surface area contributed by atoms with E-state index in [1.165, 1.54) is 96.3 Å². The summed E-state index contributed by atoms with van der Waals surface area (Å²) in [6, 6.07) is 3.95. The van der Waals surface area contributed by atoms with Crippen LogP contribution >= 0.6 is 0 Å². The first-order chi connectivity index (χ1) is 12.8. The first kappa shape index (κ1) is 23.0. The molecule has 0 aromatic carbocycles. The van der Waals surface area contributed by atoms with Crippen LogP contribution in [0, 0.1) is 6.92 Å². The third-order valence-electron chi connectivity index (χ3n) is 5.21. The van der Waals surface area contributed by atoms with Crippen LogP contribution < -0.4 is 4.74 Å². The zero-order valence-corrected chi connectivity index (χ0v) is 17.6. The van der Waals surface area contributed by atoms with Gasteiger partial charge in [-0.1, -0.05) is 103 Å². The van der Waals surface area contributed by atoms with Gasteiger partial charge in [-0.05, 0) is 25.5 Å². The number of pyridine rings is 1. The van der Waals surface area contributed by atoms with Crippen molar-refractivity contribution in [1.29, 1.82) is 0 Å². The molecule has 0 bridgehead atoms. The lowest BCUT2D eigenvalue weighted by Crippen LogP contribution is -1.99. The first-order valence-electron chi connectivity index (χ1n) is 11.4. The lowest BCUT2D eigenvalue weighted by atomic mass is 10.0. The van der Waals surface area contributed by atoms with E-state index >= 15 is 0 Å². The van der Waals surface area contributed by atoms with Crippen LogP contribution in [0.5, 0.6) is 5.75 Å². The van der Waals surface area contributed by atoms with Gasteiger partial charge in [0.1, 0.15) is 5.75 Å². The van der Waals surface area contributed by atoms with Crippen molar-refractivity contribution in [2.45, 2.75) is 117 Å². The third kappa shape index (κ3) is 13.2. The number of ether oxygens (including phenoxy) is 1. The van der Waals surface area contributed by atoms with E-state index in [2.05, 4.69) is 11.9 Å². The number of hydrogen-bond donors (Lipinski definition) is 0. The number of rotatable bonds is 18. The highest BCUT2D eigenvalue weighted by atomic mass is 16.5. The van der Waals surface area contributed by atoms with Crippen molar-refractivity contribution in [3.05, 3.63) is 24.0 Å². The summed E-state index contributed by atoms with van der Waals surface area (Å²) in [4.78, 5) is 4.25. The molecule has 0 aliphatic carbocycles. The Balaban J connectivity index is 1.74. The molecular weight excluding hydrogens is 318 g/mol. The molecule has 1 rings (SSSR count). The third-order valence-corrected chi connectivity index (χ3v) is 5.21. The molecule has 1 aromatic rings. The first-order valence-corrected chi connectivity index (χ1v) is 11.4. The van der Waals surface area contributed by atoms with Crippen molar-refractivity contribution >= 4 is 0 Å². The summed E-state index contributed by atoms with van der Waals surface area (Å²) < 4.78 is 5.79. The largest absolute Gasteiger partial charge is 0.492 e. The summed E-state index contributed by atoms with van der Waals surface area (Å²) >= 11 is 0. The molecule has 0 radical (unpaired) electrons. The van der Waals surface area contributed by atoms with E-state index in [1.54, 1.807) is 0 Å². The minimum absolute atomic E-state index is 0.824. The maximum atomic E-state index is 5.79. The lowest BCUT2D eigenvalue weighted by Gasteiger charge is -2.07. The van der Waals surface area contributed by atoms with Crippen LogP contribution in [0.1, 0.15) is 115 Å². The molecule has 1 heterocycles. The highest BCUT2D eigenvalue weighted by molar-refractivity contribution is 5.25. The number of unbranched alkanes of at least 4 members (excludes halogenated alkanes) is 15. The fourth-order valence-electron chi connectivity index (χ4n) is 3.45. The fraction of sp³-hybridized carbons (Fsp3) is 0.792. The Morgan fingerprint density at radius 3 is 1.62 bits per heavy atom. The van der Waals surface area contributed by atoms with E-state index in [1.807, 2.05) is 25.3 Å². The van der Waals surface area contributed by atoms with Crippen molar-refractivity contribution in [1.82, 2.24) is 4.98 Å². The van der Waals surface area contributed by atoms with Crippen LogP contribution in [-0.4, -0.2) is 11.6 Å². The van der Waals surface area contributed by atoms with Gasteiger partial charge in [-0.2, -0.15) is 0 Å². The van der Waals surface area contributed by atoms with Crippen LogP contribution in [-0.2, 0) is 0 Å². The molecule has 0 atom stereocenters. The predicted octanol–water partition coefficient (Wildman–Crippen LogP) is 8.03. The summed E-state index contributed by atoms with van der Waals surface area (Å²) in [5.41, 5.74) is 0.990. The van der Waals surface area contributed by atoms with Crippen molar-refractivity contribution < 1.29 is 4.74 Å². The Labute approximate surface area is 163 Å². The smallest absolute Gasteiger partial charge is 0.140 e. The van der Waals surface area contributed by atoms with E-state index in [0.717, 1.165) is 24.5 Å². The van der Waals surface area contributed by atoms with Gasteiger partial charge in [-0.25, -0.2) is 0 Å². The second kappa shape index (κ2) is 17.4. The van der Waals surface area contributed by atoms with Gasteiger partial charge >= 0.3 is 0 Å². The molecule has 150 valence electrons.